The van der Waals surface area contributed by atoms with Crippen LogP contribution in [0, 0.1) is 11.6 Å². The van der Waals surface area contributed by atoms with Gasteiger partial charge in [0.2, 0.25) is 5.91 Å². The van der Waals surface area contributed by atoms with Gasteiger partial charge in [-0.25, -0.2) is 8.78 Å². The van der Waals surface area contributed by atoms with E-state index in [0.29, 0.717) is 19.6 Å². The maximum absolute atomic E-state index is 13.7. The third-order valence-electron chi connectivity index (χ3n) is 2.67. The van der Waals surface area contributed by atoms with Crippen molar-refractivity contribution in [2.75, 3.05) is 30.3 Å². The summed E-state index contributed by atoms with van der Waals surface area (Å²) in [6, 6.07) is 2.16. The zero-order valence-electron chi connectivity index (χ0n) is 9.17. The van der Waals surface area contributed by atoms with Gasteiger partial charge < -0.3 is 16.0 Å². The fraction of sp³-hybridized carbons (Fsp3) is 0.364. The molecule has 1 aromatic carbocycles. The molecule has 0 bridgehead atoms. The van der Waals surface area contributed by atoms with Crippen LogP contribution in [0.3, 0.4) is 0 Å². The lowest BCUT2D eigenvalue weighted by Gasteiger charge is -2.23. The van der Waals surface area contributed by atoms with Crippen LogP contribution in [-0.2, 0) is 4.79 Å². The lowest BCUT2D eigenvalue weighted by molar-refractivity contribution is -0.120. The minimum absolute atomic E-state index is 0.0489. The van der Waals surface area contributed by atoms with Crippen LogP contribution < -0.4 is 16.0 Å². The SMILES string of the molecule is Nc1cc(F)c(N2CCNC(=O)CC2)c(F)c1. The predicted molar refractivity (Wildman–Crippen MR) is 60.6 cm³/mol. The Kier molecular flexibility index (Phi) is 3.12. The molecule has 0 saturated carbocycles. The Bertz CT molecular complexity index is 427. The summed E-state index contributed by atoms with van der Waals surface area (Å²) in [7, 11) is 0. The maximum atomic E-state index is 13.7. The zero-order valence-corrected chi connectivity index (χ0v) is 9.17. The number of anilines is 2. The van der Waals surface area contributed by atoms with Crippen LogP contribution in [-0.4, -0.2) is 25.5 Å². The average molecular weight is 241 g/mol. The van der Waals surface area contributed by atoms with E-state index in [9.17, 15) is 13.6 Å². The quantitative estimate of drug-likeness (QED) is 0.717. The number of nitrogens with zero attached hydrogens (tertiary/aromatic N) is 1. The van der Waals surface area contributed by atoms with Crippen molar-refractivity contribution in [2.24, 2.45) is 0 Å². The molecule has 2 rings (SSSR count). The Morgan fingerprint density at radius 1 is 1.24 bits per heavy atom. The third kappa shape index (κ3) is 2.46. The molecule has 1 aliphatic rings. The van der Waals surface area contributed by atoms with Gasteiger partial charge in [-0.1, -0.05) is 0 Å². The van der Waals surface area contributed by atoms with E-state index >= 15 is 0 Å². The molecule has 1 fully saturated rings. The standard InChI is InChI=1S/C11H13F2N3O/c12-8-5-7(14)6-9(13)11(8)16-3-1-10(17)15-2-4-16/h5-6H,1-4,14H2,(H,15,17). The van der Waals surface area contributed by atoms with Crippen molar-refractivity contribution in [2.45, 2.75) is 6.42 Å². The van der Waals surface area contributed by atoms with Gasteiger partial charge in [-0.2, -0.15) is 0 Å². The fourth-order valence-electron chi connectivity index (χ4n) is 1.88. The first-order valence-electron chi connectivity index (χ1n) is 5.34. The van der Waals surface area contributed by atoms with Gasteiger partial charge in [-0.05, 0) is 12.1 Å². The minimum Gasteiger partial charge on any atom is -0.399 e. The number of halogens is 2. The summed E-state index contributed by atoms with van der Waals surface area (Å²) in [5.41, 5.74) is 5.28. The molecule has 6 heteroatoms. The fourth-order valence-corrected chi connectivity index (χ4v) is 1.88. The Balaban J connectivity index is 2.30. The summed E-state index contributed by atoms with van der Waals surface area (Å²) >= 11 is 0. The molecule has 1 amide bonds. The van der Waals surface area contributed by atoms with Crippen molar-refractivity contribution >= 4 is 17.3 Å². The van der Waals surface area contributed by atoms with Crippen LogP contribution >= 0.6 is 0 Å². The highest BCUT2D eigenvalue weighted by atomic mass is 19.1. The molecular weight excluding hydrogens is 228 g/mol. The second kappa shape index (κ2) is 4.57. The van der Waals surface area contributed by atoms with Gasteiger partial charge in [0.1, 0.15) is 5.69 Å². The summed E-state index contributed by atoms with van der Waals surface area (Å²) in [4.78, 5) is 12.7. The summed E-state index contributed by atoms with van der Waals surface area (Å²) in [6.45, 7) is 1.05. The molecular formula is C11H13F2N3O. The molecule has 3 N–H and O–H groups in total. The summed E-state index contributed by atoms with van der Waals surface area (Å²) in [5, 5.41) is 2.64. The highest BCUT2D eigenvalue weighted by molar-refractivity contribution is 5.77. The van der Waals surface area contributed by atoms with E-state index in [2.05, 4.69) is 5.32 Å². The van der Waals surface area contributed by atoms with Crippen molar-refractivity contribution in [3.8, 4) is 0 Å². The summed E-state index contributed by atoms with van der Waals surface area (Å²) in [5.74, 6) is -1.50. The molecule has 4 nitrogen and oxygen atoms in total. The van der Waals surface area contributed by atoms with Crippen LogP contribution in [0.2, 0.25) is 0 Å². The first kappa shape index (κ1) is 11.6. The number of nitrogen functional groups attached to an aromatic ring is 1. The molecule has 0 atom stereocenters. The van der Waals surface area contributed by atoms with E-state index in [0.717, 1.165) is 12.1 Å². The van der Waals surface area contributed by atoms with Gasteiger partial charge in [-0.3, -0.25) is 4.79 Å². The lowest BCUT2D eigenvalue weighted by atomic mass is 10.2. The van der Waals surface area contributed by atoms with Crippen LogP contribution in [0.15, 0.2) is 12.1 Å². The van der Waals surface area contributed by atoms with Gasteiger partial charge in [-0.15, -0.1) is 0 Å². The van der Waals surface area contributed by atoms with Crippen molar-refractivity contribution in [3.05, 3.63) is 23.8 Å². The maximum Gasteiger partial charge on any atom is 0.221 e. The highest BCUT2D eigenvalue weighted by Crippen LogP contribution is 2.26. The normalized spacial score (nSPS) is 16.6. The number of amides is 1. The van der Waals surface area contributed by atoms with Gasteiger partial charge in [0, 0.05) is 31.7 Å². The smallest absolute Gasteiger partial charge is 0.221 e. The van der Waals surface area contributed by atoms with Crippen molar-refractivity contribution < 1.29 is 13.6 Å². The molecule has 17 heavy (non-hydrogen) atoms. The van der Waals surface area contributed by atoms with Crippen LogP contribution in [0.4, 0.5) is 20.2 Å². The average Bonchev–Trinajstić information content (AvgIpc) is 2.42. The van der Waals surface area contributed by atoms with Crippen LogP contribution in [0.1, 0.15) is 6.42 Å². The Morgan fingerprint density at radius 3 is 2.53 bits per heavy atom. The second-order valence-corrected chi connectivity index (χ2v) is 3.92. The Labute approximate surface area is 97.4 Å². The molecule has 0 radical (unpaired) electrons. The number of nitrogens with one attached hydrogen (secondary N) is 1. The number of nitrogens with two attached hydrogens (primary N) is 1. The number of carbonyl (C=O) groups is 1. The topological polar surface area (TPSA) is 58.4 Å². The Hall–Kier alpha value is -1.85. The second-order valence-electron chi connectivity index (χ2n) is 3.92. The highest BCUT2D eigenvalue weighted by Gasteiger charge is 2.20. The van der Waals surface area contributed by atoms with E-state index < -0.39 is 11.6 Å². The lowest BCUT2D eigenvalue weighted by Crippen LogP contribution is -2.29. The predicted octanol–water partition coefficient (Wildman–Crippen LogP) is 0.873. The minimum atomic E-state index is -0.697. The number of benzene rings is 1. The number of carbonyl (C=O) groups excluding carboxylic acids is 1. The molecule has 0 unspecified atom stereocenters. The molecule has 1 heterocycles. The first-order chi connectivity index (χ1) is 8.08. The van der Waals surface area contributed by atoms with Gasteiger partial charge in [0.05, 0.1) is 0 Å². The number of hydrogen-bond donors (Lipinski definition) is 2. The largest absolute Gasteiger partial charge is 0.399 e. The van der Waals surface area contributed by atoms with Crippen molar-refractivity contribution in [1.82, 2.24) is 5.32 Å². The van der Waals surface area contributed by atoms with Gasteiger partial charge in [0.25, 0.3) is 0 Å². The van der Waals surface area contributed by atoms with E-state index in [1.807, 2.05) is 0 Å². The number of hydrogen-bond acceptors (Lipinski definition) is 3. The Morgan fingerprint density at radius 2 is 1.88 bits per heavy atom. The van der Waals surface area contributed by atoms with Gasteiger partial charge in [0.15, 0.2) is 11.6 Å². The zero-order chi connectivity index (χ0) is 12.4. The molecule has 92 valence electrons. The van der Waals surface area contributed by atoms with Crippen molar-refractivity contribution in [3.63, 3.8) is 0 Å². The molecule has 1 aromatic rings. The third-order valence-corrected chi connectivity index (χ3v) is 2.67. The molecule has 1 saturated heterocycles. The van der Waals surface area contributed by atoms with E-state index in [1.165, 1.54) is 4.90 Å². The van der Waals surface area contributed by atoms with Crippen LogP contribution in [0.25, 0.3) is 0 Å². The van der Waals surface area contributed by atoms with E-state index in [-0.39, 0.29) is 23.7 Å². The van der Waals surface area contributed by atoms with E-state index in [1.54, 1.807) is 0 Å². The van der Waals surface area contributed by atoms with Crippen molar-refractivity contribution in [1.29, 1.82) is 0 Å². The summed E-state index contributed by atoms with van der Waals surface area (Å²) in [6.07, 6.45) is 0.225. The molecule has 0 aromatic heterocycles. The van der Waals surface area contributed by atoms with Gasteiger partial charge >= 0.3 is 0 Å². The number of rotatable bonds is 1. The molecule has 1 aliphatic heterocycles. The van der Waals surface area contributed by atoms with Crippen LogP contribution in [0.5, 0.6) is 0 Å². The molecule has 0 aliphatic carbocycles. The summed E-state index contributed by atoms with van der Waals surface area (Å²) < 4.78 is 27.3. The first-order valence-corrected chi connectivity index (χ1v) is 5.34. The molecule has 0 spiro atoms. The monoisotopic (exact) mass is 241 g/mol. The van der Waals surface area contributed by atoms with E-state index in [4.69, 9.17) is 5.73 Å².